The first-order valence-electron chi connectivity index (χ1n) is 12.1. The maximum absolute atomic E-state index is 13.2. The highest BCUT2D eigenvalue weighted by Crippen LogP contribution is 2.38. The molecule has 184 valence electrons. The summed E-state index contributed by atoms with van der Waals surface area (Å²) in [5.41, 5.74) is 3.03. The van der Waals surface area contributed by atoms with Gasteiger partial charge in [0.2, 0.25) is 5.91 Å². The Morgan fingerprint density at radius 1 is 1.11 bits per heavy atom. The van der Waals surface area contributed by atoms with Crippen molar-refractivity contribution in [3.8, 4) is 17.0 Å². The van der Waals surface area contributed by atoms with Crippen LogP contribution in [0.5, 0.6) is 5.75 Å². The van der Waals surface area contributed by atoms with E-state index in [4.69, 9.17) is 0 Å². The molecule has 1 heterocycles. The third-order valence-electron chi connectivity index (χ3n) is 6.21. The van der Waals surface area contributed by atoms with Gasteiger partial charge in [-0.2, -0.15) is 9.78 Å². The summed E-state index contributed by atoms with van der Waals surface area (Å²) in [4.78, 5) is 25.3. The molecule has 1 fully saturated rings. The molecule has 1 saturated carbocycles. The van der Waals surface area contributed by atoms with E-state index in [0.29, 0.717) is 23.4 Å². The highest BCUT2D eigenvalue weighted by Gasteiger charge is 2.26. The monoisotopic (exact) mass is 478 g/mol. The molecule has 0 spiro atoms. The minimum Gasteiger partial charge on any atom is -0.507 e. The van der Waals surface area contributed by atoms with Crippen LogP contribution in [0.3, 0.4) is 0 Å². The van der Waals surface area contributed by atoms with E-state index in [2.05, 4.69) is 15.7 Å². The molecule has 0 bridgehead atoms. The second-order valence-corrected chi connectivity index (χ2v) is 9.51. The number of carbonyl (C=O) groups is 2. The maximum atomic E-state index is 13.2. The number of halogens is 1. The van der Waals surface area contributed by atoms with E-state index in [1.807, 2.05) is 19.9 Å². The van der Waals surface area contributed by atoms with E-state index in [9.17, 15) is 19.1 Å². The molecule has 7 nitrogen and oxygen atoms in total. The fraction of sp³-hybridized carbons (Fsp3) is 0.370. The summed E-state index contributed by atoms with van der Waals surface area (Å²) < 4.78 is 14.6. The molecule has 0 unspecified atom stereocenters. The molecule has 3 N–H and O–H groups in total. The lowest BCUT2D eigenvalue weighted by molar-refractivity contribution is -0.116. The number of phenols is 1. The molecule has 1 aliphatic carbocycles. The van der Waals surface area contributed by atoms with E-state index >= 15 is 0 Å². The van der Waals surface area contributed by atoms with Crippen molar-refractivity contribution in [3.63, 3.8) is 0 Å². The standard InChI is InChI=1S/C27H31FN4O3/c1-17(2)13-26(34)30-21-11-12-25(33)22(14-21)23-15-24(19-5-3-4-6-19)32(31-23)27(35)29-16-18-7-9-20(28)10-8-18/h7-12,14-15,17,19,33H,3-6,13,16H2,1-2H3,(H,29,35)(H,30,34). The maximum Gasteiger partial charge on any atom is 0.342 e. The van der Waals surface area contributed by atoms with Crippen LogP contribution in [-0.4, -0.2) is 26.8 Å². The van der Waals surface area contributed by atoms with Crippen LogP contribution in [0.25, 0.3) is 11.3 Å². The fourth-order valence-electron chi connectivity index (χ4n) is 4.46. The van der Waals surface area contributed by atoms with Crippen LogP contribution in [0.1, 0.15) is 63.1 Å². The molecule has 1 aliphatic rings. The molecule has 4 rings (SSSR count). The van der Waals surface area contributed by atoms with Gasteiger partial charge in [-0.25, -0.2) is 9.18 Å². The number of rotatable bonds is 7. The van der Waals surface area contributed by atoms with E-state index in [0.717, 1.165) is 36.9 Å². The van der Waals surface area contributed by atoms with Gasteiger partial charge in [0.05, 0.1) is 11.4 Å². The van der Waals surface area contributed by atoms with Crippen LogP contribution in [-0.2, 0) is 11.3 Å². The van der Waals surface area contributed by atoms with Crippen LogP contribution < -0.4 is 10.6 Å². The Morgan fingerprint density at radius 3 is 2.51 bits per heavy atom. The van der Waals surface area contributed by atoms with Gasteiger partial charge in [0.1, 0.15) is 11.6 Å². The Balaban J connectivity index is 1.60. The zero-order valence-electron chi connectivity index (χ0n) is 20.1. The molecule has 3 aromatic rings. The van der Waals surface area contributed by atoms with Crippen molar-refractivity contribution in [2.75, 3.05) is 5.32 Å². The molecule has 0 radical (unpaired) electrons. The number of anilines is 1. The summed E-state index contributed by atoms with van der Waals surface area (Å²) in [6, 6.07) is 12.3. The molecular weight excluding hydrogens is 447 g/mol. The number of nitrogens with zero attached hydrogens (tertiary/aromatic N) is 2. The quantitative estimate of drug-likeness (QED) is 0.374. The summed E-state index contributed by atoms with van der Waals surface area (Å²) in [5, 5.41) is 20.8. The highest BCUT2D eigenvalue weighted by atomic mass is 19.1. The van der Waals surface area contributed by atoms with Crippen molar-refractivity contribution >= 4 is 17.6 Å². The predicted molar refractivity (Wildman–Crippen MR) is 133 cm³/mol. The van der Waals surface area contributed by atoms with E-state index in [-0.39, 0.29) is 41.9 Å². The second kappa shape index (κ2) is 10.7. The Kier molecular flexibility index (Phi) is 7.48. The molecule has 35 heavy (non-hydrogen) atoms. The molecule has 0 aliphatic heterocycles. The smallest absolute Gasteiger partial charge is 0.342 e. The third kappa shape index (κ3) is 6.07. The molecule has 2 amide bonds. The molecule has 8 heteroatoms. The summed E-state index contributed by atoms with van der Waals surface area (Å²) in [6.45, 7) is 4.18. The van der Waals surface area contributed by atoms with Gasteiger partial charge in [-0.1, -0.05) is 38.8 Å². The summed E-state index contributed by atoms with van der Waals surface area (Å²) in [7, 11) is 0. The Bertz CT molecular complexity index is 1200. The number of nitrogens with one attached hydrogen (secondary N) is 2. The van der Waals surface area contributed by atoms with Gasteiger partial charge in [0.15, 0.2) is 0 Å². The number of aromatic nitrogens is 2. The van der Waals surface area contributed by atoms with Crippen LogP contribution in [0, 0.1) is 11.7 Å². The van der Waals surface area contributed by atoms with Gasteiger partial charge in [-0.05, 0) is 60.7 Å². The highest BCUT2D eigenvalue weighted by molar-refractivity contribution is 5.92. The van der Waals surface area contributed by atoms with Crippen LogP contribution in [0.15, 0.2) is 48.5 Å². The lowest BCUT2D eigenvalue weighted by Crippen LogP contribution is -2.30. The van der Waals surface area contributed by atoms with E-state index in [1.165, 1.54) is 22.9 Å². The van der Waals surface area contributed by atoms with Gasteiger partial charge in [-0.3, -0.25) is 4.79 Å². The first-order valence-corrected chi connectivity index (χ1v) is 12.1. The fourth-order valence-corrected chi connectivity index (χ4v) is 4.46. The number of hydrogen-bond donors (Lipinski definition) is 3. The summed E-state index contributed by atoms with van der Waals surface area (Å²) in [6.07, 6.45) is 4.50. The Hall–Kier alpha value is -3.68. The van der Waals surface area contributed by atoms with Gasteiger partial charge < -0.3 is 15.7 Å². The number of phenolic OH excluding ortho intramolecular Hbond substituents is 1. The third-order valence-corrected chi connectivity index (χ3v) is 6.21. The minimum atomic E-state index is -0.386. The van der Waals surface area contributed by atoms with Gasteiger partial charge in [-0.15, -0.1) is 0 Å². The Labute approximate surface area is 204 Å². The van der Waals surface area contributed by atoms with Crippen molar-refractivity contribution in [2.45, 2.75) is 58.4 Å². The van der Waals surface area contributed by atoms with Crippen LogP contribution >= 0.6 is 0 Å². The average molecular weight is 479 g/mol. The number of carbonyl (C=O) groups excluding carboxylic acids is 2. The van der Waals surface area contributed by atoms with E-state index < -0.39 is 0 Å². The summed E-state index contributed by atoms with van der Waals surface area (Å²) >= 11 is 0. The average Bonchev–Trinajstić information content (AvgIpc) is 3.49. The van der Waals surface area contributed by atoms with Crippen molar-refractivity contribution < 1.29 is 19.1 Å². The van der Waals surface area contributed by atoms with Crippen molar-refractivity contribution in [1.82, 2.24) is 15.1 Å². The van der Waals surface area contributed by atoms with E-state index in [1.54, 1.807) is 24.3 Å². The lowest BCUT2D eigenvalue weighted by Gasteiger charge is -2.12. The molecule has 1 aromatic heterocycles. The number of benzene rings is 2. The minimum absolute atomic E-state index is 0.0150. The number of aromatic hydroxyl groups is 1. The molecule has 0 atom stereocenters. The van der Waals surface area contributed by atoms with Crippen molar-refractivity contribution in [3.05, 3.63) is 65.6 Å². The second-order valence-electron chi connectivity index (χ2n) is 9.51. The number of hydrogen-bond acceptors (Lipinski definition) is 4. The normalized spacial score (nSPS) is 13.8. The largest absolute Gasteiger partial charge is 0.507 e. The van der Waals surface area contributed by atoms with Crippen LogP contribution in [0.2, 0.25) is 0 Å². The first kappa shape index (κ1) is 24.4. The predicted octanol–water partition coefficient (Wildman–Crippen LogP) is 5.79. The van der Waals surface area contributed by atoms with Gasteiger partial charge >= 0.3 is 6.03 Å². The number of amides is 2. The zero-order valence-corrected chi connectivity index (χ0v) is 20.1. The first-order chi connectivity index (χ1) is 16.8. The zero-order chi connectivity index (χ0) is 24.9. The van der Waals surface area contributed by atoms with Gasteiger partial charge in [0, 0.05) is 30.1 Å². The topological polar surface area (TPSA) is 96.2 Å². The van der Waals surface area contributed by atoms with Crippen molar-refractivity contribution in [2.24, 2.45) is 5.92 Å². The molecule has 2 aromatic carbocycles. The molecule has 0 saturated heterocycles. The van der Waals surface area contributed by atoms with Crippen LogP contribution in [0.4, 0.5) is 14.9 Å². The molecular formula is C27H31FN4O3. The van der Waals surface area contributed by atoms with Gasteiger partial charge in [0.25, 0.3) is 0 Å². The lowest BCUT2D eigenvalue weighted by atomic mass is 10.0. The SMILES string of the molecule is CC(C)CC(=O)Nc1ccc(O)c(-c2cc(C3CCCC3)n(C(=O)NCc3ccc(F)cc3)n2)c1. The summed E-state index contributed by atoms with van der Waals surface area (Å²) in [5.74, 6) is 0.00602. The van der Waals surface area contributed by atoms with Crippen molar-refractivity contribution in [1.29, 1.82) is 0 Å². The Morgan fingerprint density at radius 2 is 1.83 bits per heavy atom.